The second-order valence-corrected chi connectivity index (χ2v) is 9.32. The first-order valence-corrected chi connectivity index (χ1v) is 10.9. The van der Waals surface area contributed by atoms with Crippen LogP contribution in [0.2, 0.25) is 0 Å². The van der Waals surface area contributed by atoms with Crippen LogP contribution in [0, 0.1) is 5.82 Å². The highest BCUT2D eigenvalue weighted by molar-refractivity contribution is 7.89. The average molecular weight is 412 g/mol. The van der Waals surface area contributed by atoms with Crippen LogP contribution in [0.1, 0.15) is 12.8 Å². The lowest BCUT2D eigenvalue weighted by molar-refractivity contribution is 0.329. The lowest BCUT2D eigenvalue weighted by Crippen LogP contribution is -2.38. The Balaban J connectivity index is 1.64. The fourth-order valence-electron chi connectivity index (χ4n) is 2.56. The maximum absolute atomic E-state index is 12.9. The summed E-state index contributed by atoms with van der Waals surface area (Å²) in [6, 6.07) is 12.3. The molecule has 1 saturated heterocycles. The van der Waals surface area contributed by atoms with Crippen LogP contribution in [0.5, 0.6) is 0 Å². The third kappa shape index (κ3) is 4.52. The van der Waals surface area contributed by atoms with E-state index in [2.05, 4.69) is 9.44 Å². The van der Waals surface area contributed by atoms with Crippen LogP contribution in [0.15, 0.2) is 69.5 Å². The molecular weight excluding hydrogens is 395 g/mol. The van der Waals surface area contributed by atoms with E-state index in [-0.39, 0.29) is 35.7 Å². The van der Waals surface area contributed by atoms with E-state index in [9.17, 15) is 21.2 Å². The van der Waals surface area contributed by atoms with E-state index in [1.54, 1.807) is 18.2 Å². The third-order valence-corrected chi connectivity index (χ3v) is 7.08. The van der Waals surface area contributed by atoms with Gasteiger partial charge in [0.15, 0.2) is 0 Å². The lowest BCUT2D eigenvalue weighted by atomic mass is 10.1. The molecule has 27 heavy (non-hydrogen) atoms. The molecule has 0 atom stereocenters. The minimum Gasteiger partial charge on any atom is -0.265 e. The maximum atomic E-state index is 12.9. The minimum absolute atomic E-state index is 0.177. The van der Waals surface area contributed by atoms with Crippen molar-refractivity contribution < 1.29 is 25.5 Å². The van der Waals surface area contributed by atoms with Crippen molar-refractivity contribution in [1.29, 1.82) is 0 Å². The van der Waals surface area contributed by atoms with Crippen molar-refractivity contribution in [1.82, 2.24) is 4.31 Å². The molecule has 0 aliphatic carbocycles. The van der Waals surface area contributed by atoms with Crippen molar-refractivity contribution in [2.75, 3.05) is 13.1 Å². The van der Waals surface area contributed by atoms with E-state index < -0.39 is 26.0 Å². The van der Waals surface area contributed by atoms with E-state index in [0.717, 1.165) is 24.3 Å². The first-order chi connectivity index (χ1) is 12.8. The second-order valence-electron chi connectivity index (χ2n) is 5.86. The number of hydrogen-bond donors (Lipinski definition) is 0. The van der Waals surface area contributed by atoms with Gasteiger partial charge in [-0.25, -0.2) is 12.8 Å². The normalized spacial score (nSPS) is 16.1. The molecule has 0 amide bonds. The number of oxime groups is 1. The van der Waals surface area contributed by atoms with Gasteiger partial charge < -0.3 is 0 Å². The first-order valence-electron chi connectivity index (χ1n) is 8.09. The molecule has 1 fully saturated rings. The summed E-state index contributed by atoms with van der Waals surface area (Å²) in [5.74, 6) is -0.563. The molecule has 2 aromatic rings. The van der Waals surface area contributed by atoms with Crippen LogP contribution in [0.4, 0.5) is 4.39 Å². The molecule has 144 valence electrons. The Morgan fingerprint density at radius 3 is 2.04 bits per heavy atom. The monoisotopic (exact) mass is 412 g/mol. The Morgan fingerprint density at radius 2 is 1.44 bits per heavy atom. The summed E-state index contributed by atoms with van der Waals surface area (Å²) in [5.41, 5.74) is 0.445. The van der Waals surface area contributed by atoms with E-state index in [0.29, 0.717) is 5.71 Å². The quantitative estimate of drug-likeness (QED) is 0.703. The van der Waals surface area contributed by atoms with E-state index in [4.69, 9.17) is 0 Å². The zero-order valence-corrected chi connectivity index (χ0v) is 15.8. The molecule has 0 aromatic heterocycles. The number of rotatable bonds is 5. The van der Waals surface area contributed by atoms with Gasteiger partial charge in [0, 0.05) is 25.9 Å². The second kappa shape index (κ2) is 7.75. The Labute approximate surface area is 157 Å². The molecule has 2 aromatic carbocycles. The topological polar surface area (TPSA) is 93.1 Å². The molecular formula is C17H17FN2O5S2. The first kappa shape index (κ1) is 19.5. The molecule has 0 unspecified atom stereocenters. The summed E-state index contributed by atoms with van der Waals surface area (Å²) in [6.07, 6.45) is 0.510. The van der Waals surface area contributed by atoms with Crippen LogP contribution in [-0.4, -0.2) is 39.9 Å². The molecule has 1 heterocycles. The summed E-state index contributed by atoms with van der Waals surface area (Å²) < 4.78 is 68.1. The maximum Gasteiger partial charge on any atom is 0.358 e. The third-order valence-electron chi connectivity index (χ3n) is 4.05. The van der Waals surface area contributed by atoms with Gasteiger partial charge in [-0.05, 0) is 36.4 Å². The highest BCUT2D eigenvalue weighted by atomic mass is 32.2. The van der Waals surface area contributed by atoms with Gasteiger partial charge in [0.05, 0.1) is 10.6 Å². The van der Waals surface area contributed by atoms with Crippen LogP contribution >= 0.6 is 0 Å². The summed E-state index contributed by atoms with van der Waals surface area (Å²) in [4.78, 5) is -0.00197. The van der Waals surface area contributed by atoms with Gasteiger partial charge in [0.1, 0.15) is 10.7 Å². The molecule has 10 heteroatoms. The molecule has 3 rings (SSSR count). The highest BCUT2D eigenvalue weighted by Gasteiger charge is 2.28. The van der Waals surface area contributed by atoms with Crippen molar-refractivity contribution in [3.8, 4) is 0 Å². The van der Waals surface area contributed by atoms with Gasteiger partial charge in [-0.15, -0.1) is 0 Å². The van der Waals surface area contributed by atoms with Crippen molar-refractivity contribution in [2.24, 2.45) is 5.16 Å². The lowest BCUT2D eigenvalue weighted by Gasteiger charge is -2.26. The Bertz CT molecular complexity index is 1030. The molecule has 1 aliphatic rings. The number of halogens is 1. The van der Waals surface area contributed by atoms with Crippen molar-refractivity contribution in [2.45, 2.75) is 22.6 Å². The standard InChI is InChI=1S/C17H17FN2O5S2/c18-14-6-8-17(9-7-14)27(23,24)25-19-15-10-12-20(13-11-15)26(21,22)16-4-2-1-3-5-16/h1-9H,10-13H2. The zero-order valence-electron chi connectivity index (χ0n) is 14.2. The number of sulfonamides is 1. The van der Waals surface area contributed by atoms with Crippen molar-refractivity contribution >= 4 is 25.9 Å². The zero-order chi connectivity index (χ0) is 19.5. The summed E-state index contributed by atoms with van der Waals surface area (Å²) in [5, 5.41) is 3.66. The minimum atomic E-state index is -4.15. The molecule has 0 N–H and O–H groups in total. The van der Waals surface area contributed by atoms with E-state index >= 15 is 0 Å². The molecule has 0 radical (unpaired) electrons. The van der Waals surface area contributed by atoms with Crippen LogP contribution in [-0.2, 0) is 24.4 Å². The predicted octanol–water partition coefficient (Wildman–Crippen LogP) is 2.37. The van der Waals surface area contributed by atoms with Gasteiger partial charge in [-0.2, -0.15) is 12.7 Å². The van der Waals surface area contributed by atoms with Gasteiger partial charge in [-0.3, -0.25) is 4.28 Å². The van der Waals surface area contributed by atoms with Gasteiger partial charge in [0.2, 0.25) is 10.0 Å². The molecule has 0 spiro atoms. The van der Waals surface area contributed by atoms with Crippen LogP contribution in [0.25, 0.3) is 0 Å². The van der Waals surface area contributed by atoms with Gasteiger partial charge in [-0.1, -0.05) is 23.4 Å². The SMILES string of the molecule is O=S(=O)(ON=C1CCN(S(=O)(=O)c2ccccc2)CC1)c1ccc(F)cc1. The summed E-state index contributed by atoms with van der Waals surface area (Å²) >= 11 is 0. The average Bonchev–Trinajstić information content (AvgIpc) is 2.68. The van der Waals surface area contributed by atoms with E-state index in [1.807, 2.05) is 0 Å². The molecule has 0 bridgehead atoms. The Morgan fingerprint density at radius 1 is 0.852 bits per heavy atom. The number of hydrogen-bond acceptors (Lipinski definition) is 6. The molecule has 1 aliphatic heterocycles. The molecule has 0 saturated carbocycles. The van der Waals surface area contributed by atoms with Gasteiger partial charge in [0.25, 0.3) is 0 Å². The van der Waals surface area contributed by atoms with E-state index in [1.165, 1.54) is 16.4 Å². The van der Waals surface area contributed by atoms with Crippen molar-refractivity contribution in [3.05, 3.63) is 60.4 Å². The summed E-state index contributed by atoms with van der Waals surface area (Å²) in [6.45, 7) is 0.353. The van der Waals surface area contributed by atoms with Crippen LogP contribution < -0.4 is 0 Å². The van der Waals surface area contributed by atoms with Gasteiger partial charge >= 0.3 is 10.1 Å². The Kier molecular flexibility index (Phi) is 5.59. The molecule has 7 nitrogen and oxygen atoms in total. The smallest absolute Gasteiger partial charge is 0.265 e. The highest BCUT2D eigenvalue weighted by Crippen LogP contribution is 2.20. The van der Waals surface area contributed by atoms with Crippen molar-refractivity contribution in [3.63, 3.8) is 0 Å². The fraction of sp³-hybridized carbons (Fsp3) is 0.235. The Hall–Kier alpha value is -2.30. The number of nitrogens with zero attached hydrogens (tertiary/aromatic N) is 2. The van der Waals surface area contributed by atoms with Crippen LogP contribution in [0.3, 0.4) is 0 Å². The number of benzene rings is 2. The largest absolute Gasteiger partial charge is 0.358 e. The predicted molar refractivity (Wildman–Crippen MR) is 96.5 cm³/mol. The number of piperidine rings is 1. The fourth-order valence-corrected chi connectivity index (χ4v) is 4.79. The summed E-state index contributed by atoms with van der Waals surface area (Å²) in [7, 11) is -7.74.